The quantitative estimate of drug-likeness (QED) is 0.497. The summed E-state index contributed by atoms with van der Waals surface area (Å²) in [5, 5.41) is 13.8. The second kappa shape index (κ2) is 9.81. The van der Waals surface area contributed by atoms with Crippen LogP contribution in [0.25, 0.3) is 0 Å². The lowest BCUT2D eigenvalue weighted by Gasteiger charge is -2.04. The van der Waals surface area contributed by atoms with Crippen molar-refractivity contribution < 1.29 is 9.59 Å². The number of amides is 2. The first-order valence-electron chi connectivity index (χ1n) is 8.35. The number of halogens is 1. The highest BCUT2D eigenvalue weighted by atomic mass is 79.9. The molecule has 1 aromatic heterocycles. The zero-order valence-electron chi connectivity index (χ0n) is 14.9. The average Bonchev–Trinajstić information content (AvgIpc) is 3.16. The van der Waals surface area contributed by atoms with Gasteiger partial charge in [0.15, 0.2) is 4.34 Å². The molecule has 0 bridgehead atoms. The largest absolute Gasteiger partial charge is 0.351 e. The average molecular weight is 477 g/mol. The Morgan fingerprint density at radius 1 is 1.14 bits per heavy atom. The van der Waals surface area contributed by atoms with Crippen LogP contribution in [-0.2, 0) is 11.3 Å². The molecular weight excluding hydrogens is 460 g/mol. The van der Waals surface area contributed by atoms with Crippen LogP contribution >= 0.6 is 39.0 Å². The maximum atomic E-state index is 12.2. The van der Waals surface area contributed by atoms with Gasteiger partial charge in [-0.3, -0.25) is 9.59 Å². The zero-order valence-corrected chi connectivity index (χ0v) is 18.2. The predicted molar refractivity (Wildman–Crippen MR) is 116 cm³/mol. The summed E-state index contributed by atoms with van der Waals surface area (Å²) in [4.78, 5) is 24.3. The molecule has 3 aromatic rings. The highest BCUT2D eigenvalue weighted by Crippen LogP contribution is 2.23. The van der Waals surface area contributed by atoms with E-state index in [2.05, 4.69) is 36.8 Å². The molecule has 0 fully saturated rings. The third-order valence-electron chi connectivity index (χ3n) is 3.62. The van der Waals surface area contributed by atoms with Gasteiger partial charge in [-0.05, 0) is 36.8 Å². The summed E-state index contributed by atoms with van der Waals surface area (Å²) in [5.74, 6) is -0.208. The van der Waals surface area contributed by atoms with Crippen LogP contribution < -0.4 is 10.6 Å². The van der Waals surface area contributed by atoms with Crippen molar-refractivity contribution in [3.63, 3.8) is 0 Å². The third kappa shape index (κ3) is 6.15. The number of nitrogens with zero attached hydrogens (tertiary/aromatic N) is 2. The Morgan fingerprint density at radius 3 is 2.68 bits per heavy atom. The Kier molecular flexibility index (Phi) is 7.18. The predicted octanol–water partition coefficient (Wildman–Crippen LogP) is 4.27. The van der Waals surface area contributed by atoms with Gasteiger partial charge in [-0.25, -0.2) is 0 Å². The Hall–Kier alpha value is -2.23. The molecule has 2 N–H and O–H groups in total. The van der Waals surface area contributed by atoms with Crippen molar-refractivity contribution in [3.8, 4) is 0 Å². The van der Waals surface area contributed by atoms with E-state index in [1.807, 2.05) is 55.5 Å². The molecule has 0 spiro atoms. The van der Waals surface area contributed by atoms with E-state index in [9.17, 15) is 9.59 Å². The van der Waals surface area contributed by atoms with Crippen LogP contribution in [0.2, 0.25) is 0 Å². The molecule has 0 aliphatic carbocycles. The number of hydrogen-bond donors (Lipinski definition) is 2. The first-order chi connectivity index (χ1) is 13.5. The van der Waals surface area contributed by atoms with Crippen molar-refractivity contribution in [2.75, 3.05) is 11.1 Å². The van der Waals surface area contributed by atoms with Crippen LogP contribution in [0.1, 0.15) is 20.9 Å². The second-order valence-electron chi connectivity index (χ2n) is 5.89. The SMILES string of the molecule is Cc1ccc(NC(=O)c2nnc(SCC(=O)NCc3cccc(Br)c3)s2)cc1. The molecule has 0 aliphatic heterocycles. The lowest BCUT2D eigenvalue weighted by atomic mass is 10.2. The number of nitrogens with one attached hydrogen (secondary N) is 2. The van der Waals surface area contributed by atoms with Gasteiger partial charge < -0.3 is 10.6 Å². The summed E-state index contributed by atoms with van der Waals surface area (Å²) in [6.45, 7) is 2.44. The van der Waals surface area contributed by atoms with Gasteiger partial charge in [-0.15, -0.1) is 10.2 Å². The number of rotatable bonds is 7. The first-order valence-corrected chi connectivity index (χ1v) is 10.9. The highest BCUT2D eigenvalue weighted by molar-refractivity contribution is 9.10. The summed E-state index contributed by atoms with van der Waals surface area (Å²) < 4.78 is 1.55. The fraction of sp³-hybridized carbons (Fsp3) is 0.158. The van der Waals surface area contributed by atoms with Gasteiger partial charge in [-0.1, -0.05) is 68.9 Å². The van der Waals surface area contributed by atoms with Crippen molar-refractivity contribution >= 4 is 56.5 Å². The van der Waals surface area contributed by atoms with E-state index in [-0.39, 0.29) is 22.6 Å². The molecule has 0 saturated carbocycles. The molecule has 3 rings (SSSR count). The van der Waals surface area contributed by atoms with Crippen molar-refractivity contribution in [2.24, 2.45) is 0 Å². The van der Waals surface area contributed by atoms with Crippen molar-refractivity contribution in [2.45, 2.75) is 17.8 Å². The number of aromatic nitrogens is 2. The molecule has 0 atom stereocenters. The van der Waals surface area contributed by atoms with Gasteiger partial charge in [0.1, 0.15) is 0 Å². The standard InChI is InChI=1S/C19H17BrN4O2S2/c1-12-5-7-15(8-6-12)22-17(26)18-23-24-19(28-18)27-11-16(25)21-10-13-3-2-4-14(20)9-13/h2-9H,10-11H2,1H3,(H,21,25)(H,22,26). The summed E-state index contributed by atoms with van der Waals surface area (Å²) in [6.07, 6.45) is 0. The van der Waals surface area contributed by atoms with E-state index in [0.29, 0.717) is 16.6 Å². The minimum Gasteiger partial charge on any atom is -0.351 e. The lowest BCUT2D eigenvalue weighted by molar-refractivity contribution is -0.118. The van der Waals surface area contributed by atoms with Crippen LogP contribution in [0.4, 0.5) is 5.69 Å². The normalized spacial score (nSPS) is 10.5. The molecule has 9 heteroatoms. The minimum atomic E-state index is -0.313. The summed E-state index contributed by atoms with van der Waals surface area (Å²) in [6, 6.07) is 15.3. The number of carbonyl (C=O) groups is 2. The molecule has 1 heterocycles. The van der Waals surface area contributed by atoms with Gasteiger partial charge in [0.05, 0.1) is 5.75 Å². The molecule has 144 valence electrons. The number of aryl methyl sites for hydroxylation is 1. The van der Waals surface area contributed by atoms with Gasteiger partial charge in [0.25, 0.3) is 5.91 Å². The van der Waals surface area contributed by atoms with Crippen LogP contribution in [0.15, 0.2) is 57.3 Å². The van der Waals surface area contributed by atoms with E-state index in [0.717, 1.165) is 26.9 Å². The molecular formula is C19H17BrN4O2S2. The number of carbonyl (C=O) groups excluding carboxylic acids is 2. The Bertz CT molecular complexity index is 976. The maximum Gasteiger partial charge on any atom is 0.286 e. The van der Waals surface area contributed by atoms with Gasteiger partial charge >= 0.3 is 0 Å². The third-order valence-corrected chi connectivity index (χ3v) is 6.16. The van der Waals surface area contributed by atoms with Crippen molar-refractivity contribution in [1.82, 2.24) is 15.5 Å². The Balaban J connectivity index is 1.46. The highest BCUT2D eigenvalue weighted by Gasteiger charge is 2.14. The van der Waals surface area contributed by atoms with Crippen molar-refractivity contribution in [3.05, 3.63) is 69.1 Å². The van der Waals surface area contributed by atoms with E-state index in [1.165, 1.54) is 11.8 Å². The van der Waals surface area contributed by atoms with Crippen LogP contribution in [0.3, 0.4) is 0 Å². The Labute approximate surface area is 179 Å². The number of benzene rings is 2. The number of thioether (sulfide) groups is 1. The molecule has 28 heavy (non-hydrogen) atoms. The van der Waals surface area contributed by atoms with E-state index >= 15 is 0 Å². The van der Waals surface area contributed by atoms with Crippen LogP contribution in [-0.4, -0.2) is 27.8 Å². The minimum absolute atomic E-state index is 0.106. The summed E-state index contributed by atoms with van der Waals surface area (Å²) in [7, 11) is 0. The summed E-state index contributed by atoms with van der Waals surface area (Å²) in [5.41, 5.74) is 2.83. The van der Waals surface area contributed by atoms with Gasteiger partial charge in [0, 0.05) is 16.7 Å². The van der Waals surface area contributed by atoms with E-state index < -0.39 is 0 Å². The second-order valence-corrected chi connectivity index (χ2v) is 9.00. The zero-order chi connectivity index (χ0) is 19.9. The number of anilines is 1. The molecule has 0 unspecified atom stereocenters. The van der Waals surface area contributed by atoms with E-state index in [4.69, 9.17) is 0 Å². The number of hydrogen-bond acceptors (Lipinski definition) is 6. The monoisotopic (exact) mass is 476 g/mol. The smallest absolute Gasteiger partial charge is 0.286 e. The van der Waals surface area contributed by atoms with Crippen molar-refractivity contribution in [1.29, 1.82) is 0 Å². The Morgan fingerprint density at radius 2 is 1.93 bits per heavy atom. The van der Waals surface area contributed by atoms with Crippen LogP contribution in [0, 0.1) is 6.92 Å². The molecule has 2 aromatic carbocycles. The lowest BCUT2D eigenvalue weighted by Crippen LogP contribution is -2.24. The molecule has 6 nitrogen and oxygen atoms in total. The maximum absolute atomic E-state index is 12.2. The molecule has 0 aliphatic rings. The fourth-order valence-electron chi connectivity index (χ4n) is 2.21. The van der Waals surface area contributed by atoms with Gasteiger partial charge in [0.2, 0.25) is 10.9 Å². The molecule has 0 saturated heterocycles. The topological polar surface area (TPSA) is 84.0 Å². The summed E-state index contributed by atoms with van der Waals surface area (Å²) >= 11 is 5.83. The van der Waals surface area contributed by atoms with Crippen LogP contribution in [0.5, 0.6) is 0 Å². The molecule has 0 radical (unpaired) electrons. The first kappa shape index (κ1) is 20.5. The van der Waals surface area contributed by atoms with Gasteiger partial charge in [-0.2, -0.15) is 0 Å². The molecule has 2 amide bonds. The fourth-order valence-corrected chi connectivity index (χ4v) is 4.23. The van der Waals surface area contributed by atoms with E-state index in [1.54, 1.807) is 0 Å².